The highest BCUT2D eigenvalue weighted by Crippen LogP contribution is 2.52. The van der Waals surface area contributed by atoms with Crippen LogP contribution in [0.15, 0.2) is 0 Å². The molecule has 1 saturated carbocycles. The highest BCUT2D eigenvalue weighted by atomic mass is 31.2. The summed E-state index contributed by atoms with van der Waals surface area (Å²) in [5.74, 6) is 7.84. The molecule has 0 aromatic carbocycles. The van der Waals surface area contributed by atoms with E-state index in [0.29, 0.717) is 12.8 Å². The number of unbranched alkanes of at least 4 members (excludes halogenated alkanes) is 24. The molecule has 368 valence electrons. The van der Waals surface area contributed by atoms with E-state index in [1.807, 2.05) is 0 Å². The zero-order chi connectivity index (χ0) is 46.1. The minimum absolute atomic E-state index is 0.0844. The molecule has 0 aromatic heterocycles. The van der Waals surface area contributed by atoms with Crippen LogP contribution in [0.5, 0.6) is 0 Å². The smallest absolute Gasteiger partial charge is 0.462 e. The number of ether oxygens (including phenoxy) is 2. The second kappa shape index (κ2) is 36.1. The van der Waals surface area contributed by atoms with Crippen LogP contribution in [-0.4, -0.2) is 88.3 Å². The lowest BCUT2D eigenvalue weighted by molar-refractivity contribution is -0.684. The van der Waals surface area contributed by atoms with Crippen LogP contribution in [0.3, 0.4) is 0 Å². The van der Waals surface area contributed by atoms with Crippen LogP contribution in [0.4, 0.5) is 0 Å². The van der Waals surface area contributed by atoms with Crippen molar-refractivity contribution in [2.45, 2.75) is 236 Å². The molecule has 62 heavy (non-hydrogen) atoms. The summed E-state index contributed by atoms with van der Waals surface area (Å²) < 4.78 is 66.2. The van der Waals surface area contributed by atoms with Crippen molar-refractivity contribution in [2.24, 2.45) is 0 Å². The average Bonchev–Trinajstić information content (AvgIpc) is 3.27. The van der Waals surface area contributed by atoms with Crippen LogP contribution in [0.25, 0.3) is 0 Å². The molecule has 0 amide bonds. The van der Waals surface area contributed by atoms with Gasteiger partial charge >= 0.3 is 27.6 Å². The van der Waals surface area contributed by atoms with Gasteiger partial charge in [0.15, 0.2) is 6.10 Å². The van der Waals surface area contributed by atoms with Crippen molar-refractivity contribution in [3.8, 4) is 0 Å². The van der Waals surface area contributed by atoms with Crippen LogP contribution >= 0.6 is 15.6 Å². The van der Waals surface area contributed by atoms with E-state index in [2.05, 4.69) is 40.8 Å². The Balaban J connectivity index is 2.73. The predicted molar refractivity (Wildman–Crippen MR) is 228 cm³/mol. The topological polar surface area (TPSA) is 306 Å². The molecule has 1 fully saturated rings. The van der Waals surface area contributed by atoms with Gasteiger partial charge in [0, 0.05) is 12.8 Å². The number of rotatable bonds is 41. The van der Waals surface area contributed by atoms with Crippen LogP contribution in [-0.2, 0) is 55.6 Å². The molecule has 0 spiro atoms. The van der Waals surface area contributed by atoms with Crippen molar-refractivity contribution >= 4 is 27.6 Å². The Morgan fingerprint density at radius 3 is 1.18 bits per heavy atom. The fourth-order valence-electron chi connectivity index (χ4n) is 7.29. The summed E-state index contributed by atoms with van der Waals surface area (Å²) in [5, 5.41) is 42.4. The molecule has 0 aromatic rings. The lowest BCUT2D eigenvalue weighted by Crippen LogP contribution is -2.65. The first-order chi connectivity index (χ1) is 29.8. The third-order valence-electron chi connectivity index (χ3n) is 11.1. The maximum atomic E-state index is 13.6. The molecule has 0 saturated heterocycles. The van der Waals surface area contributed by atoms with E-state index in [4.69, 9.17) is 27.7 Å². The molecule has 8 atom stereocenters. The number of quaternary nitrogens is 3. The molecular formula is C41H86N3O16P2+3. The zero-order valence-electron chi connectivity index (χ0n) is 38.0. The van der Waals surface area contributed by atoms with Crippen molar-refractivity contribution in [1.29, 1.82) is 0 Å². The lowest BCUT2D eigenvalue weighted by Gasteiger charge is -2.43. The van der Waals surface area contributed by atoms with E-state index < -0.39 is 83.5 Å². The normalized spacial score (nSPS) is 22.0. The minimum atomic E-state index is -4.89. The Kier molecular flexibility index (Phi) is 34.2. The average molecular weight is 939 g/mol. The summed E-state index contributed by atoms with van der Waals surface area (Å²) in [5.41, 5.74) is 0. The van der Waals surface area contributed by atoms with Gasteiger partial charge in [-0.05, 0) is 12.8 Å². The summed E-state index contributed by atoms with van der Waals surface area (Å²) >= 11 is 0. The molecule has 13 N–H and O–H groups in total. The second-order valence-electron chi connectivity index (χ2n) is 16.5. The molecule has 0 radical (unpaired) electrons. The van der Waals surface area contributed by atoms with E-state index in [1.165, 1.54) is 109 Å². The number of phosphoric acid groups is 2. The van der Waals surface area contributed by atoms with Crippen LogP contribution in [0, 0.1) is 0 Å². The molecule has 1 aliphatic carbocycles. The Bertz CT molecular complexity index is 1240. The maximum Gasteiger partial charge on any atom is 0.567 e. The first-order valence-electron chi connectivity index (χ1n) is 23.4. The Morgan fingerprint density at radius 1 is 0.468 bits per heavy atom. The molecule has 1 rings (SSSR count). The number of hydrogen-bond donors (Lipinski definition) is 7. The molecule has 21 heteroatoms. The van der Waals surface area contributed by atoms with Gasteiger partial charge in [-0.15, -0.1) is 0 Å². The fraction of sp³-hybridized carbons (Fsp3) is 0.951. The third-order valence-corrected chi connectivity index (χ3v) is 13.6. The quantitative estimate of drug-likeness (QED) is 0.0175. The van der Waals surface area contributed by atoms with E-state index in [0.717, 1.165) is 44.9 Å². The van der Waals surface area contributed by atoms with Crippen LogP contribution in [0.2, 0.25) is 0 Å². The minimum Gasteiger partial charge on any atom is -0.462 e. The van der Waals surface area contributed by atoms with Gasteiger partial charge in [-0.25, -0.2) is 26.8 Å². The van der Waals surface area contributed by atoms with Gasteiger partial charge in [0.05, 0.1) is 6.61 Å². The van der Waals surface area contributed by atoms with Gasteiger partial charge in [-0.1, -0.05) is 182 Å². The third kappa shape index (κ3) is 26.1. The van der Waals surface area contributed by atoms with Gasteiger partial charge < -0.3 is 29.9 Å². The van der Waals surface area contributed by atoms with E-state index in [9.17, 15) is 39.1 Å². The molecule has 0 bridgehead atoms. The highest BCUT2D eigenvalue weighted by molar-refractivity contribution is 7.48. The van der Waals surface area contributed by atoms with Gasteiger partial charge in [0.1, 0.15) is 43.2 Å². The fourth-order valence-corrected chi connectivity index (χ4v) is 9.13. The Hall–Kier alpha value is -1.12. The zero-order valence-corrected chi connectivity index (χ0v) is 39.7. The van der Waals surface area contributed by atoms with Crippen molar-refractivity contribution in [3.05, 3.63) is 0 Å². The maximum absolute atomic E-state index is 13.6. The number of esters is 2. The molecule has 1 unspecified atom stereocenters. The van der Waals surface area contributed by atoms with Gasteiger partial charge in [-0.2, -0.15) is 0 Å². The van der Waals surface area contributed by atoms with Gasteiger partial charge in [0.2, 0.25) is 0 Å². The number of hydrogen-bond acceptors (Lipinski definition) is 16. The van der Waals surface area contributed by atoms with E-state index >= 15 is 0 Å². The lowest BCUT2D eigenvalue weighted by atomic mass is 9.85. The molecule has 0 aliphatic heterocycles. The SMILES string of the molecule is CCCCCCCCCCCCCCCC(=O)OC[C@H](COP(=O)(O[NH3+])O[C@@H]1[C@H](O)[C@H](OP(=O)(O[NH3+])O[NH3+])[C@@H](O)[C@H](O)[C@H]1O)OC(=O)CCCCCCCCCCCCCCC. The second-order valence-corrected chi connectivity index (χ2v) is 19.7. The highest BCUT2D eigenvalue weighted by Gasteiger charge is 2.56. The number of carbonyl (C=O) groups excluding carboxylic acids is 2. The monoisotopic (exact) mass is 939 g/mol. The van der Waals surface area contributed by atoms with E-state index in [-0.39, 0.29) is 12.8 Å². The number of aliphatic hydroxyl groups excluding tert-OH is 4. The predicted octanol–water partition coefficient (Wildman–Crippen LogP) is 5.38. The number of phosphoric ester groups is 1. The molecule has 19 nitrogen and oxygen atoms in total. The van der Waals surface area contributed by atoms with Crippen LogP contribution in [0.1, 0.15) is 194 Å². The summed E-state index contributed by atoms with van der Waals surface area (Å²) in [6.07, 6.45) is 16.3. The summed E-state index contributed by atoms with van der Waals surface area (Å²) in [6, 6.07) is 0. The van der Waals surface area contributed by atoms with Crippen molar-refractivity contribution < 1.29 is 93.8 Å². The first kappa shape index (κ1) is 58.9. The first-order valence-corrected chi connectivity index (χ1v) is 26.3. The summed E-state index contributed by atoms with van der Waals surface area (Å²) in [6.45, 7) is 3.30. The number of carbonyl (C=O) groups is 2. The molecule has 0 heterocycles. The largest absolute Gasteiger partial charge is 0.567 e. The standard InChI is InChI=1S/C41H86N3O16P2/c1-3-5-7-9-11-13-15-17-19-21-23-25-27-29-34(45)53-31-33(55-35(46)30-28-26-24-22-20-18-16-14-12-10-8-6-4-2)32-54-61(51,58-42)56-40-37(48)36(47)38(49)41(39(40)50)57-62(52,59-43)60-44/h33,36-41,47-50H,3-32H2,1-2,42-44H3/q+3/t33-,36-,37-,38+,39+,40+,41-,61?/m1/s1. The molecular weight excluding hydrogens is 852 g/mol. The Labute approximate surface area is 370 Å². The van der Waals surface area contributed by atoms with E-state index in [1.54, 1.807) is 0 Å². The van der Waals surface area contributed by atoms with Gasteiger partial charge in [0.25, 0.3) is 0 Å². The summed E-state index contributed by atoms with van der Waals surface area (Å²) in [4.78, 5) is 25.6. The van der Waals surface area contributed by atoms with Gasteiger partial charge in [-0.3, -0.25) is 23.2 Å². The Morgan fingerprint density at radius 2 is 0.806 bits per heavy atom. The van der Waals surface area contributed by atoms with Crippen molar-refractivity contribution in [1.82, 2.24) is 0 Å². The summed E-state index contributed by atoms with van der Waals surface area (Å²) in [7, 11) is -9.47. The van der Waals surface area contributed by atoms with Crippen molar-refractivity contribution in [2.75, 3.05) is 13.2 Å². The van der Waals surface area contributed by atoms with Crippen LogP contribution < -0.4 is 17.7 Å². The molecule has 1 aliphatic rings. The number of aliphatic hydroxyl groups is 4. The van der Waals surface area contributed by atoms with Crippen molar-refractivity contribution in [3.63, 3.8) is 0 Å².